The van der Waals surface area contributed by atoms with Crippen LogP contribution in [0, 0.1) is 11.7 Å². The minimum absolute atomic E-state index is 0.0166. The lowest BCUT2D eigenvalue weighted by Crippen LogP contribution is -2.44. The van der Waals surface area contributed by atoms with Crippen molar-refractivity contribution in [3.05, 3.63) is 29.6 Å². The lowest BCUT2D eigenvalue weighted by molar-refractivity contribution is -0.126. The zero-order chi connectivity index (χ0) is 15.4. The first-order valence-corrected chi connectivity index (χ1v) is 6.97. The van der Waals surface area contributed by atoms with Crippen LogP contribution in [-0.2, 0) is 4.79 Å². The number of nitrogens with zero attached hydrogens (tertiary/aromatic N) is 1. The van der Waals surface area contributed by atoms with Crippen LogP contribution in [0.1, 0.15) is 23.2 Å². The summed E-state index contributed by atoms with van der Waals surface area (Å²) in [5.74, 6) is -1.28. The third kappa shape index (κ3) is 3.78. The third-order valence-electron chi connectivity index (χ3n) is 3.75. The molecule has 1 unspecified atom stereocenters. The summed E-state index contributed by atoms with van der Waals surface area (Å²) in [5.41, 5.74) is -0.0166. The van der Waals surface area contributed by atoms with Gasteiger partial charge in [0.15, 0.2) is 5.78 Å². The Morgan fingerprint density at radius 1 is 1.48 bits per heavy atom. The number of aromatic hydroxyl groups is 1. The quantitative estimate of drug-likeness (QED) is 0.818. The van der Waals surface area contributed by atoms with Crippen LogP contribution in [0.15, 0.2) is 18.2 Å². The van der Waals surface area contributed by atoms with Gasteiger partial charge in [0.05, 0.1) is 18.0 Å². The first-order valence-electron chi connectivity index (χ1n) is 6.97. The zero-order valence-electron chi connectivity index (χ0n) is 11.9. The summed E-state index contributed by atoms with van der Waals surface area (Å²) in [6, 6.07) is 3.32. The van der Waals surface area contributed by atoms with Crippen molar-refractivity contribution < 1.29 is 19.1 Å². The van der Waals surface area contributed by atoms with E-state index in [9.17, 15) is 19.1 Å². The van der Waals surface area contributed by atoms with Crippen LogP contribution in [0.2, 0.25) is 0 Å². The molecule has 0 saturated carbocycles. The minimum Gasteiger partial charge on any atom is -0.507 e. The molecule has 1 aliphatic rings. The highest BCUT2D eigenvalue weighted by Gasteiger charge is 2.26. The van der Waals surface area contributed by atoms with E-state index in [4.69, 9.17) is 0 Å². The molecule has 0 radical (unpaired) electrons. The fraction of sp³-hybridized carbons (Fsp3) is 0.467. The van der Waals surface area contributed by atoms with Crippen molar-refractivity contribution >= 4 is 11.7 Å². The second-order valence-electron chi connectivity index (χ2n) is 5.27. The molecule has 0 bridgehead atoms. The summed E-state index contributed by atoms with van der Waals surface area (Å²) in [6.07, 6.45) is 1.63. The first-order chi connectivity index (χ1) is 10.0. The molecule has 6 heteroatoms. The number of phenols is 1. The van der Waals surface area contributed by atoms with Crippen molar-refractivity contribution in [2.75, 3.05) is 26.7 Å². The summed E-state index contributed by atoms with van der Waals surface area (Å²) in [6.45, 7) is 1.29. The number of benzene rings is 1. The molecule has 1 saturated heterocycles. The molecule has 0 spiro atoms. The maximum absolute atomic E-state index is 13.2. The summed E-state index contributed by atoms with van der Waals surface area (Å²) in [4.78, 5) is 25.7. The van der Waals surface area contributed by atoms with E-state index in [1.807, 2.05) is 4.90 Å². The highest BCUT2D eigenvalue weighted by Crippen LogP contribution is 2.21. The van der Waals surface area contributed by atoms with Gasteiger partial charge in [-0.1, -0.05) is 0 Å². The van der Waals surface area contributed by atoms with Gasteiger partial charge in [-0.2, -0.15) is 0 Å². The largest absolute Gasteiger partial charge is 0.507 e. The van der Waals surface area contributed by atoms with Gasteiger partial charge in [0.2, 0.25) is 5.91 Å². The molecule has 1 atom stereocenters. The molecule has 1 amide bonds. The monoisotopic (exact) mass is 294 g/mol. The summed E-state index contributed by atoms with van der Waals surface area (Å²) in [7, 11) is 1.59. The van der Waals surface area contributed by atoms with Crippen LogP contribution in [0.4, 0.5) is 4.39 Å². The number of piperidine rings is 1. The van der Waals surface area contributed by atoms with Crippen LogP contribution in [0.3, 0.4) is 0 Å². The molecule has 0 aromatic heterocycles. The second-order valence-corrected chi connectivity index (χ2v) is 5.27. The van der Waals surface area contributed by atoms with Crippen molar-refractivity contribution in [3.63, 3.8) is 0 Å². The lowest BCUT2D eigenvalue weighted by atomic mass is 9.96. The highest BCUT2D eigenvalue weighted by atomic mass is 19.1. The van der Waals surface area contributed by atoms with Crippen LogP contribution < -0.4 is 5.32 Å². The molecule has 2 rings (SSSR count). The van der Waals surface area contributed by atoms with Crippen LogP contribution in [0.5, 0.6) is 5.75 Å². The Kier molecular flexibility index (Phi) is 4.90. The summed E-state index contributed by atoms with van der Waals surface area (Å²) < 4.78 is 13.2. The molecule has 1 heterocycles. The number of ketones is 1. The van der Waals surface area contributed by atoms with Crippen molar-refractivity contribution in [2.24, 2.45) is 5.92 Å². The maximum atomic E-state index is 13.2. The number of halogens is 1. The fourth-order valence-corrected chi connectivity index (χ4v) is 2.64. The van der Waals surface area contributed by atoms with E-state index < -0.39 is 5.82 Å². The van der Waals surface area contributed by atoms with E-state index in [1.165, 1.54) is 6.07 Å². The van der Waals surface area contributed by atoms with Gasteiger partial charge in [0, 0.05) is 13.6 Å². The number of carbonyl (C=O) groups is 2. The Morgan fingerprint density at radius 3 is 2.95 bits per heavy atom. The van der Waals surface area contributed by atoms with Crippen molar-refractivity contribution in [1.29, 1.82) is 0 Å². The Labute approximate surface area is 122 Å². The Balaban J connectivity index is 2.02. The number of rotatable bonds is 4. The average Bonchev–Trinajstić information content (AvgIpc) is 2.49. The topological polar surface area (TPSA) is 69.6 Å². The SMILES string of the molecule is CNC(=O)C1CCCN(CC(=O)c2cc(F)ccc2O)C1. The minimum atomic E-state index is -0.557. The van der Waals surface area contributed by atoms with Crippen LogP contribution in [-0.4, -0.2) is 48.4 Å². The Morgan fingerprint density at radius 2 is 2.24 bits per heavy atom. The normalized spacial score (nSPS) is 19.2. The molecule has 114 valence electrons. The molecular weight excluding hydrogens is 275 g/mol. The van der Waals surface area contributed by atoms with E-state index in [0.717, 1.165) is 31.5 Å². The van der Waals surface area contributed by atoms with Gasteiger partial charge in [-0.3, -0.25) is 14.5 Å². The van der Waals surface area contributed by atoms with E-state index in [1.54, 1.807) is 7.05 Å². The zero-order valence-corrected chi connectivity index (χ0v) is 11.9. The number of likely N-dealkylation sites (tertiary alicyclic amines) is 1. The van der Waals surface area contributed by atoms with E-state index in [-0.39, 0.29) is 35.5 Å². The predicted octanol–water partition coefficient (Wildman–Crippen LogP) is 1.17. The van der Waals surface area contributed by atoms with Gasteiger partial charge in [-0.25, -0.2) is 4.39 Å². The van der Waals surface area contributed by atoms with Crippen LogP contribution >= 0.6 is 0 Å². The van der Waals surface area contributed by atoms with Gasteiger partial charge in [0.25, 0.3) is 0 Å². The van der Waals surface area contributed by atoms with Crippen molar-refractivity contribution in [3.8, 4) is 5.75 Å². The highest BCUT2D eigenvalue weighted by molar-refractivity contribution is 6.00. The molecule has 2 N–H and O–H groups in total. The molecule has 1 aromatic carbocycles. The third-order valence-corrected chi connectivity index (χ3v) is 3.75. The second kappa shape index (κ2) is 6.67. The molecule has 0 aliphatic carbocycles. The van der Waals surface area contributed by atoms with Crippen molar-refractivity contribution in [1.82, 2.24) is 10.2 Å². The van der Waals surface area contributed by atoms with Gasteiger partial charge in [0.1, 0.15) is 11.6 Å². The molecule has 21 heavy (non-hydrogen) atoms. The lowest BCUT2D eigenvalue weighted by Gasteiger charge is -2.31. The molecule has 1 aromatic rings. The van der Waals surface area contributed by atoms with E-state index in [0.29, 0.717) is 6.54 Å². The standard InChI is InChI=1S/C15H19FN2O3/c1-17-15(21)10-3-2-6-18(8-10)9-14(20)12-7-11(16)4-5-13(12)19/h4-5,7,10,19H,2-3,6,8-9H2,1H3,(H,17,21). The fourth-order valence-electron chi connectivity index (χ4n) is 2.64. The van der Waals surface area contributed by atoms with Crippen LogP contribution in [0.25, 0.3) is 0 Å². The van der Waals surface area contributed by atoms with Gasteiger partial charge < -0.3 is 10.4 Å². The number of carbonyl (C=O) groups excluding carboxylic acids is 2. The Bertz CT molecular complexity index is 548. The van der Waals surface area contributed by atoms with Gasteiger partial charge >= 0.3 is 0 Å². The molecular formula is C15H19FN2O3. The number of hydrogen-bond acceptors (Lipinski definition) is 4. The van der Waals surface area contributed by atoms with Crippen molar-refractivity contribution in [2.45, 2.75) is 12.8 Å². The molecule has 1 fully saturated rings. The number of nitrogens with one attached hydrogen (secondary N) is 1. The maximum Gasteiger partial charge on any atom is 0.224 e. The number of phenolic OH excluding ortho intramolecular Hbond substituents is 1. The molecule has 1 aliphatic heterocycles. The first kappa shape index (κ1) is 15.4. The smallest absolute Gasteiger partial charge is 0.224 e. The number of amides is 1. The average molecular weight is 294 g/mol. The Hall–Kier alpha value is -1.95. The number of Topliss-reactive ketones (excluding diaryl/α,β-unsaturated/α-hetero) is 1. The number of hydrogen-bond donors (Lipinski definition) is 2. The van der Waals surface area contributed by atoms with Gasteiger partial charge in [-0.15, -0.1) is 0 Å². The molecule has 5 nitrogen and oxygen atoms in total. The predicted molar refractivity (Wildman–Crippen MR) is 75.6 cm³/mol. The van der Waals surface area contributed by atoms with Gasteiger partial charge in [-0.05, 0) is 37.6 Å². The van der Waals surface area contributed by atoms with E-state index >= 15 is 0 Å². The summed E-state index contributed by atoms with van der Waals surface area (Å²) >= 11 is 0. The van der Waals surface area contributed by atoms with E-state index in [2.05, 4.69) is 5.32 Å². The summed E-state index contributed by atoms with van der Waals surface area (Å²) in [5, 5.41) is 12.3.